The third kappa shape index (κ3) is 4.69. The number of hydrogen-bond acceptors (Lipinski definition) is 1. The van der Waals surface area contributed by atoms with Crippen molar-refractivity contribution in [3.8, 4) is 0 Å². The SMILES string of the molecule is CCCNC(Cc1ccc(Cl)c(F)c1)C1CCC(CC)C1. The van der Waals surface area contributed by atoms with Crippen LogP contribution in [0.4, 0.5) is 4.39 Å². The van der Waals surface area contributed by atoms with E-state index < -0.39 is 0 Å². The highest BCUT2D eigenvalue weighted by Gasteiger charge is 2.29. The van der Waals surface area contributed by atoms with E-state index in [1.165, 1.54) is 25.7 Å². The molecular formula is C18H27ClFN. The van der Waals surface area contributed by atoms with Crippen molar-refractivity contribution in [3.05, 3.63) is 34.6 Å². The van der Waals surface area contributed by atoms with Crippen molar-refractivity contribution >= 4 is 11.6 Å². The van der Waals surface area contributed by atoms with Crippen LogP contribution in [-0.4, -0.2) is 12.6 Å². The first-order chi connectivity index (χ1) is 10.1. The molecule has 118 valence electrons. The fraction of sp³-hybridized carbons (Fsp3) is 0.667. The Morgan fingerprint density at radius 2 is 2.14 bits per heavy atom. The smallest absolute Gasteiger partial charge is 0.142 e. The van der Waals surface area contributed by atoms with Crippen LogP contribution in [0.2, 0.25) is 5.02 Å². The average molecular weight is 312 g/mol. The Morgan fingerprint density at radius 3 is 2.76 bits per heavy atom. The molecule has 1 aromatic rings. The second-order valence-electron chi connectivity index (χ2n) is 6.36. The highest BCUT2D eigenvalue weighted by molar-refractivity contribution is 6.30. The van der Waals surface area contributed by atoms with Crippen molar-refractivity contribution in [2.75, 3.05) is 6.54 Å². The Kier molecular flexibility index (Phi) is 6.50. The molecule has 21 heavy (non-hydrogen) atoms. The Hall–Kier alpha value is -0.600. The van der Waals surface area contributed by atoms with E-state index in [9.17, 15) is 4.39 Å². The van der Waals surface area contributed by atoms with E-state index in [1.807, 2.05) is 6.07 Å². The first-order valence-corrected chi connectivity index (χ1v) is 8.69. The van der Waals surface area contributed by atoms with Gasteiger partial charge in [0, 0.05) is 6.04 Å². The van der Waals surface area contributed by atoms with Gasteiger partial charge in [-0.15, -0.1) is 0 Å². The quantitative estimate of drug-likeness (QED) is 0.728. The molecule has 0 bridgehead atoms. The summed E-state index contributed by atoms with van der Waals surface area (Å²) >= 11 is 5.78. The highest BCUT2D eigenvalue weighted by atomic mass is 35.5. The predicted molar refractivity (Wildman–Crippen MR) is 88.3 cm³/mol. The van der Waals surface area contributed by atoms with Gasteiger partial charge in [0.1, 0.15) is 5.82 Å². The fourth-order valence-electron chi connectivity index (χ4n) is 3.51. The third-order valence-electron chi connectivity index (χ3n) is 4.82. The van der Waals surface area contributed by atoms with E-state index in [2.05, 4.69) is 19.2 Å². The molecule has 3 unspecified atom stereocenters. The van der Waals surface area contributed by atoms with E-state index in [0.717, 1.165) is 36.8 Å². The van der Waals surface area contributed by atoms with Gasteiger partial charge in [0.25, 0.3) is 0 Å². The minimum absolute atomic E-state index is 0.212. The van der Waals surface area contributed by atoms with E-state index in [0.29, 0.717) is 6.04 Å². The highest BCUT2D eigenvalue weighted by Crippen LogP contribution is 2.36. The molecule has 3 atom stereocenters. The van der Waals surface area contributed by atoms with Gasteiger partial charge in [0.05, 0.1) is 5.02 Å². The standard InChI is InChI=1S/C18H27ClFN/c1-3-9-21-18(15-7-5-13(4-2)10-15)12-14-6-8-16(19)17(20)11-14/h6,8,11,13,15,18,21H,3-5,7,9-10,12H2,1-2H3. The van der Waals surface area contributed by atoms with Crippen molar-refractivity contribution in [2.24, 2.45) is 11.8 Å². The zero-order valence-corrected chi connectivity index (χ0v) is 13.9. The third-order valence-corrected chi connectivity index (χ3v) is 5.13. The summed E-state index contributed by atoms with van der Waals surface area (Å²) in [5.41, 5.74) is 1.05. The number of halogens is 2. The van der Waals surface area contributed by atoms with E-state index >= 15 is 0 Å². The van der Waals surface area contributed by atoms with Crippen LogP contribution in [0.3, 0.4) is 0 Å². The molecule has 1 saturated carbocycles. The topological polar surface area (TPSA) is 12.0 Å². The predicted octanol–water partition coefficient (Wildman–Crippen LogP) is 5.22. The monoisotopic (exact) mass is 311 g/mol. The molecule has 0 amide bonds. The average Bonchev–Trinajstić information content (AvgIpc) is 2.96. The lowest BCUT2D eigenvalue weighted by Crippen LogP contribution is -2.37. The normalized spacial score (nSPS) is 23.4. The molecule has 1 aromatic carbocycles. The number of benzene rings is 1. The second kappa shape index (κ2) is 8.14. The summed E-state index contributed by atoms with van der Waals surface area (Å²) in [6.07, 6.45) is 7.28. The molecule has 2 rings (SSSR count). The van der Waals surface area contributed by atoms with Crippen LogP contribution < -0.4 is 5.32 Å². The lowest BCUT2D eigenvalue weighted by atomic mass is 9.90. The van der Waals surface area contributed by atoms with Crippen molar-refractivity contribution in [3.63, 3.8) is 0 Å². The maximum absolute atomic E-state index is 13.6. The lowest BCUT2D eigenvalue weighted by molar-refractivity contribution is 0.343. The Bertz CT molecular complexity index is 449. The molecule has 1 aliphatic rings. The minimum Gasteiger partial charge on any atom is -0.313 e. The van der Waals surface area contributed by atoms with Gasteiger partial charge in [0.15, 0.2) is 0 Å². The Labute approximate surface area is 133 Å². The molecule has 1 N–H and O–H groups in total. The minimum atomic E-state index is -0.304. The number of rotatable bonds is 7. The number of hydrogen-bond donors (Lipinski definition) is 1. The van der Waals surface area contributed by atoms with Gasteiger partial charge >= 0.3 is 0 Å². The van der Waals surface area contributed by atoms with Gasteiger partial charge in [-0.1, -0.05) is 44.4 Å². The fourth-order valence-corrected chi connectivity index (χ4v) is 3.62. The molecule has 0 aliphatic heterocycles. The van der Waals surface area contributed by atoms with Gasteiger partial charge in [-0.3, -0.25) is 0 Å². The molecule has 0 saturated heterocycles. The summed E-state index contributed by atoms with van der Waals surface area (Å²) in [5, 5.41) is 3.89. The summed E-state index contributed by atoms with van der Waals surface area (Å²) in [4.78, 5) is 0. The summed E-state index contributed by atoms with van der Waals surface area (Å²) in [7, 11) is 0. The Morgan fingerprint density at radius 1 is 1.33 bits per heavy atom. The Balaban J connectivity index is 2.03. The van der Waals surface area contributed by atoms with Gasteiger partial charge in [0.2, 0.25) is 0 Å². The molecule has 0 radical (unpaired) electrons. The molecule has 0 spiro atoms. The second-order valence-corrected chi connectivity index (χ2v) is 6.77. The van der Waals surface area contributed by atoms with Crippen molar-refractivity contribution in [1.29, 1.82) is 0 Å². The van der Waals surface area contributed by atoms with Crippen molar-refractivity contribution < 1.29 is 4.39 Å². The first-order valence-electron chi connectivity index (χ1n) is 8.31. The van der Waals surface area contributed by atoms with Gasteiger partial charge in [-0.2, -0.15) is 0 Å². The van der Waals surface area contributed by atoms with Crippen LogP contribution in [-0.2, 0) is 6.42 Å². The summed E-state index contributed by atoms with van der Waals surface area (Å²) < 4.78 is 13.6. The molecule has 0 heterocycles. The molecule has 1 nitrogen and oxygen atoms in total. The molecule has 0 aromatic heterocycles. The maximum Gasteiger partial charge on any atom is 0.142 e. The zero-order valence-electron chi connectivity index (χ0n) is 13.2. The van der Waals surface area contributed by atoms with E-state index in [1.54, 1.807) is 12.1 Å². The summed E-state index contributed by atoms with van der Waals surface area (Å²) in [6.45, 7) is 5.51. The lowest BCUT2D eigenvalue weighted by Gasteiger charge is -2.25. The van der Waals surface area contributed by atoms with Crippen LogP contribution in [0.5, 0.6) is 0 Å². The molecule has 3 heteroatoms. The van der Waals surface area contributed by atoms with Gasteiger partial charge < -0.3 is 5.32 Å². The molecular weight excluding hydrogens is 285 g/mol. The van der Waals surface area contributed by atoms with Gasteiger partial charge in [-0.25, -0.2) is 4.39 Å². The van der Waals surface area contributed by atoms with Gasteiger partial charge in [-0.05, 0) is 61.8 Å². The van der Waals surface area contributed by atoms with E-state index in [4.69, 9.17) is 11.6 Å². The van der Waals surface area contributed by atoms with Crippen LogP contribution >= 0.6 is 11.6 Å². The largest absolute Gasteiger partial charge is 0.313 e. The van der Waals surface area contributed by atoms with Crippen molar-refractivity contribution in [2.45, 2.75) is 58.4 Å². The summed E-state index contributed by atoms with van der Waals surface area (Å²) in [6, 6.07) is 5.68. The van der Waals surface area contributed by atoms with Crippen LogP contribution in [0.25, 0.3) is 0 Å². The van der Waals surface area contributed by atoms with Crippen LogP contribution in [0.15, 0.2) is 18.2 Å². The summed E-state index contributed by atoms with van der Waals surface area (Å²) in [5.74, 6) is 1.30. The van der Waals surface area contributed by atoms with Crippen LogP contribution in [0.1, 0.15) is 51.5 Å². The van der Waals surface area contributed by atoms with Crippen molar-refractivity contribution in [1.82, 2.24) is 5.32 Å². The number of nitrogens with one attached hydrogen (secondary N) is 1. The first kappa shape index (κ1) is 16.8. The van der Waals surface area contributed by atoms with E-state index in [-0.39, 0.29) is 10.8 Å². The zero-order chi connectivity index (χ0) is 15.2. The molecule has 1 aliphatic carbocycles. The molecule has 1 fully saturated rings. The van der Waals surface area contributed by atoms with Crippen LogP contribution in [0, 0.1) is 17.7 Å². The maximum atomic E-state index is 13.6.